The van der Waals surface area contributed by atoms with Crippen LogP contribution in [-0.2, 0) is 0 Å². The van der Waals surface area contributed by atoms with Crippen LogP contribution < -0.4 is 5.30 Å². The fourth-order valence-electron chi connectivity index (χ4n) is 1.16. The third-order valence-electron chi connectivity index (χ3n) is 1.99. The molecule has 0 aromatic heterocycles. The van der Waals surface area contributed by atoms with Crippen LogP contribution >= 0.6 is 8.22 Å². The van der Waals surface area contributed by atoms with Crippen LogP contribution in [0.5, 0.6) is 0 Å². The van der Waals surface area contributed by atoms with Gasteiger partial charge in [0.25, 0.3) is 0 Å². The summed E-state index contributed by atoms with van der Waals surface area (Å²) in [5.74, 6) is 0. The lowest BCUT2D eigenvalue weighted by molar-refractivity contribution is 0.766. The number of hydrogen-bond donors (Lipinski definition) is 0. The van der Waals surface area contributed by atoms with Gasteiger partial charge in [0.2, 0.25) is 0 Å². The van der Waals surface area contributed by atoms with Crippen molar-refractivity contribution < 1.29 is 0 Å². The zero-order valence-corrected chi connectivity index (χ0v) is 9.28. The molecule has 0 spiro atoms. The zero-order valence-electron chi connectivity index (χ0n) is 8.38. The summed E-state index contributed by atoms with van der Waals surface area (Å²) in [6.07, 6.45) is 4.00. The molecule has 1 heterocycles. The van der Waals surface area contributed by atoms with E-state index in [1.54, 1.807) is 0 Å². The van der Waals surface area contributed by atoms with Crippen LogP contribution in [0.4, 0.5) is 0 Å². The smallest absolute Gasteiger partial charge is 0.167 e. The molecule has 0 unspecified atom stereocenters. The summed E-state index contributed by atoms with van der Waals surface area (Å²) in [5, 5.41) is 1.21. The predicted octanol–water partition coefficient (Wildman–Crippen LogP) is 2.81. The molecule has 0 N–H and O–H groups in total. The van der Waals surface area contributed by atoms with Crippen molar-refractivity contribution >= 4 is 26.0 Å². The van der Waals surface area contributed by atoms with Gasteiger partial charge in [-0.1, -0.05) is 30.3 Å². The van der Waals surface area contributed by atoms with E-state index < -0.39 is 8.22 Å². The van der Waals surface area contributed by atoms with Gasteiger partial charge in [-0.15, -0.1) is 0 Å². The Labute approximate surface area is 85.7 Å². The lowest BCUT2D eigenvalue weighted by Gasteiger charge is -2.19. The Morgan fingerprint density at radius 3 is 2.14 bits per heavy atom. The summed E-state index contributed by atoms with van der Waals surface area (Å²) in [5.41, 5.74) is 0.0214. The quantitative estimate of drug-likeness (QED) is 0.628. The molecule has 72 valence electrons. The third-order valence-corrected chi connectivity index (χ3v) is 3.42. The van der Waals surface area contributed by atoms with Gasteiger partial charge in [-0.2, -0.15) is 0 Å². The maximum atomic E-state index is 4.49. The fraction of sp³-hybridized carbons (Fsp3) is 0.273. The van der Waals surface area contributed by atoms with Gasteiger partial charge < -0.3 is 0 Å². The van der Waals surface area contributed by atoms with E-state index in [0.717, 1.165) is 0 Å². The number of hydrogen-bond acceptors (Lipinski definition) is 2. The second-order valence-electron chi connectivity index (χ2n) is 3.94. The molecule has 0 saturated heterocycles. The van der Waals surface area contributed by atoms with Gasteiger partial charge >= 0.3 is 0 Å². The Morgan fingerprint density at radius 2 is 1.57 bits per heavy atom. The molecule has 0 fully saturated rings. The van der Waals surface area contributed by atoms with Crippen LogP contribution in [-0.4, -0.2) is 12.4 Å². The first-order valence-electron chi connectivity index (χ1n) is 4.63. The molecule has 0 amide bonds. The Hall–Kier alpha value is -1.01. The highest BCUT2D eigenvalue weighted by Crippen LogP contribution is 2.40. The van der Waals surface area contributed by atoms with Crippen LogP contribution in [0.15, 0.2) is 39.9 Å². The number of nitrogens with zero attached hydrogens (tertiary/aromatic N) is 2. The van der Waals surface area contributed by atoms with Gasteiger partial charge in [-0.25, -0.2) is 9.53 Å². The molecule has 0 atom stereocenters. The van der Waals surface area contributed by atoms with Gasteiger partial charge in [-0.3, -0.25) is 0 Å². The topological polar surface area (TPSA) is 24.7 Å². The molecule has 0 bridgehead atoms. The highest BCUT2D eigenvalue weighted by atomic mass is 31.1. The molecule has 0 radical (unpaired) electrons. The first-order valence-corrected chi connectivity index (χ1v) is 5.88. The second kappa shape index (κ2) is 3.62. The third kappa shape index (κ3) is 2.08. The summed E-state index contributed by atoms with van der Waals surface area (Å²) < 4.78 is 8.99. The van der Waals surface area contributed by atoms with Gasteiger partial charge in [0, 0.05) is 23.1 Å². The van der Waals surface area contributed by atoms with Crippen molar-refractivity contribution in [2.24, 2.45) is 14.9 Å². The minimum absolute atomic E-state index is 0.0214. The molecular formula is C11H13N2P. The minimum Gasteiger partial charge on any atom is -0.244 e. The van der Waals surface area contributed by atoms with Gasteiger partial charge in [0.15, 0.2) is 8.22 Å². The molecule has 1 aromatic carbocycles. The van der Waals surface area contributed by atoms with Gasteiger partial charge in [0.1, 0.15) is 0 Å². The second-order valence-corrected chi connectivity index (χ2v) is 5.49. The SMILES string of the molecule is CC1(C)C=NP(c2ccccc2)N=C1. The summed E-state index contributed by atoms with van der Waals surface area (Å²) in [6, 6.07) is 10.2. The van der Waals surface area contributed by atoms with Crippen molar-refractivity contribution in [1.29, 1.82) is 0 Å². The molecular weight excluding hydrogens is 191 g/mol. The van der Waals surface area contributed by atoms with Gasteiger partial charge in [0.05, 0.1) is 0 Å². The average molecular weight is 204 g/mol. The summed E-state index contributed by atoms with van der Waals surface area (Å²) in [4.78, 5) is 0. The van der Waals surface area contributed by atoms with Crippen LogP contribution in [0, 0.1) is 5.41 Å². The zero-order chi connectivity index (χ0) is 10.0. The highest BCUT2D eigenvalue weighted by molar-refractivity contribution is 7.63. The molecule has 1 aromatic rings. The van der Waals surface area contributed by atoms with E-state index in [1.165, 1.54) is 5.30 Å². The molecule has 2 nitrogen and oxygen atoms in total. The Bertz CT molecular complexity index is 352. The standard InChI is InChI=1S/C11H13N2P/c1-11(2)8-12-14(13-9-11)10-6-4-3-5-7-10/h3-9H,1-2H3. The fourth-order valence-corrected chi connectivity index (χ4v) is 2.74. The number of rotatable bonds is 1. The van der Waals surface area contributed by atoms with Crippen molar-refractivity contribution in [3.63, 3.8) is 0 Å². The first-order chi connectivity index (χ1) is 6.67. The normalized spacial score (nSPS) is 19.9. The Kier molecular flexibility index (Phi) is 2.47. The Morgan fingerprint density at radius 1 is 1.00 bits per heavy atom. The maximum Gasteiger partial charge on any atom is 0.167 e. The molecule has 3 heteroatoms. The lowest BCUT2D eigenvalue weighted by atomic mass is 9.98. The van der Waals surface area contributed by atoms with Crippen LogP contribution in [0.1, 0.15) is 13.8 Å². The lowest BCUT2D eigenvalue weighted by Crippen LogP contribution is -2.17. The summed E-state index contributed by atoms with van der Waals surface area (Å²) >= 11 is 0. The monoisotopic (exact) mass is 204 g/mol. The molecule has 1 aliphatic rings. The van der Waals surface area contributed by atoms with Gasteiger partial charge in [-0.05, 0) is 13.8 Å². The first kappa shape index (κ1) is 9.54. The van der Waals surface area contributed by atoms with Crippen molar-refractivity contribution in [1.82, 2.24) is 0 Å². The van der Waals surface area contributed by atoms with Crippen molar-refractivity contribution in [3.05, 3.63) is 30.3 Å². The molecule has 1 aliphatic heterocycles. The van der Waals surface area contributed by atoms with E-state index >= 15 is 0 Å². The average Bonchev–Trinajstić information content (AvgIpc) is 2.19. The molecule has 14 heavy (non-hydrogen) atoms. The van der Waals surface area contributed by atoms with E-state index in [0.29, 0.717) is 0 Å². The van der Waals surface area contributed by atoms with Crippen LogP contribution in [0.2, 0.25) is 0 Å². The van der Waals surface area contributed by atoms with Crippen LogP contribution in [0.25, 0.3) is 0 Å². The van der Waals surface area contributed by atoms with Crippen molar-refractivity contribution in [2.45, 2.75) is 13.8 Å². The van der Waals surface area contributed by atoms with Crippen molar-refractivity contribution in [2.75, 3.05) is 0 Å². The van der Waals surface area contributed by atoms with E-state index in [4.69, 9.17) is 0 Å². The van der Waals surface area contributed by atoms with Crippen LogP contribution in [0.3, 0.4) is 0 Å². The number of benzene rings is 1. The van der Waals surface area contributed by atoms with E-state index in [2.05, 4.69) is 35.5 Å². The highest BCUT2D eigenvalue weighted by Gasteiger charge is 2.19. The van der Waals surface area contributed by atoms with Crippen molar-refractivity contribution in [3.8, 4) is 0 Å². The van der Waals surface area contributed by atoms with E-state index in [1.807, 2.05) is 30.6 Å². The summed E-state index contributed by atoms with van der Waals surface area (Å²) in [6.45, 7) is 4.22. The summed E-state index contributed by atoms with van der Waals surface area (Å²) in [7, 11) is -0.686. The van der Waals surface area contributed by atoms with E-state index in [9.17, 15) is 0 Å². The predicted molar refractivity (Wildman–Crippen MR) is 63.8 cm³/mol. The molecule has 0 saturated carbocycles. The van der Waals surface area contributed by atoms with E-state index in [-0.39, 0.29) is 5.41 Å². The molecule has 0 aliphatic carbocycles. The largest absolute Gasteiger partial charge is 0.244 e. The molecule has 2 rings (SSSR count). The maximum absolute atomic E-state index is 4.49. The minimum atomic E-state index is -0.686. The Balaban J connectivity index is 2.22.